The third-order valence-corrected chi connectivity index (χ3v) is 19.0. The second-order valence-corrected chi connectivity index (χ2v) is 29.4. The molecule has 7 atom stereocenters. The van der Waals surface area contributed by atoms with Crippen molar-refractivity contribution in [2.24, 2.45) is 46.4 Å². The molecule has 2 saturated heterocycles. The van der Waals surface area contributed by atoms with E-state index < -0.39 is 69.3 Å². The van der Waals surface area contributed by atoms with Gasteiger partial charge in [-0.05, 0) is 146 Å². The van der Waals surface area contributed by atoms with Gasteiger partial charge in [0, 0.05) is 430 Å². The fourth-order valence-electron chi connectivity index (χ4n) is 11.5. The molecule has 1 aromatic heterocycles. The number of aryl methyl sites for hydroxylation is 1. The number of fused-ring (bicyclic) bond motifs is 2. The first-order chi connectivity index (χ1) is 71.6. The summed E-state index contributed by atoms with van der Waals surface area (Å²) in [6.07, 6.45) is 7.79. The maximum absolute atomic E-state index is 15.2. The van der Waals surface area contributed by atoms with E-state index in [4.69, 9.17) is 63.1 Å². The summed E-state index contributed by atoms with van der Waals surface area (Å²) in [6, 6.07) is 15.8. The molecule has 19 nitrogen and oxygen atoms in total. The number of halogens is 4. The number of nitrogens with one attached hydrogen (secondary N) is 2. The van der Waals surface area contributed by atoms with E-state index in [2.05, 4.69) is 466 Å². The fourth-order valence-corrected chi connectivity index (χ4v) is 13.8. The Morgan fingerprint density at radius 3 is 1.06 bits per heavy atom. The third kappa shape index (κ3) is 50.9. The third-order valence-electron chi connectivity index (χ3n) is 16.9. The Hall–Kier alpha value is -20.8. The van der Waals surface area contributed by atoms with Crippen molar-refractivity contribution in [1.29, 1.82) is 0 Å². The average Bonchev–Trinajstić information content (AvgIpc) is 0.981. The van der Waals surface area contributed by atoms with Crippen LogP contribution in [-0.2, 0) is 56.9 Å². The largest absolute Gasteiger partial charge is 0.394 e. The number of terminal acetylenes is 1. The fraction of sp³-hybridized carbons (Fsp3) is 0.190. The number of amidine groups is 2. The molecule has 26 heteroatoms. The van der Waals surface area contributed by atoms with E-state index in [9.17, 15) is 18.0 Å². The smallest absolute Gasteiger partial charge is 0.379 e. The lowest BCUT2D eigenvalue weighted by atomic mass is 9.72. The van der Waals surface area contributed by atoms with Crippen LogP contribution in [0.5, 0.6) is 0 Å². The minimum absolute atomic E-state index is 0.00119. The summed E-state index contributed by atoms with van der Waals surface area (Å²) in [5, 5.41) is 7.92. The number of hydrazine groups is 1. The van der Waals surface area contributed by atoms with Crippen LogP contribution in [0.15, 0.2) is 89.1 Å². The van der Waals surface area contributed by atoms with Gasteiger partial charge in [0.1, 0.15) is 34.3 Å². The molecule has 3 aromatic carbocycles. The van der Waals surface area contributed by atoms with Gasteiger partial charge in [-0.3, -0.25) is 29.9 Å². The molecule has 0 radical (unpaired) electrons. The number of thioether (sulfide) groups is 2. The predicted octanol–water partition coefficient (Wildman–Crippen LogP) is 6.26. The number of nitrogens with zero attached hydrogens (tertiary/aromatic N) is 4. The summed E-state index contributed by atoms with van der Waals surface area (Å²) >= 11 is 2.86. The molecule has 147 heavy (non-hydrogen) atoms. The molecule has 1 amide bonds. The minimum Gasteiger partial charge on any atom is -0.379 e. The molecular formula is C121H64F4N8O11S3. The van der Waals surface area contributed by atoms with Crippen molar-refractivity contribution in [3.05, 3.63) is 125 Å². The van der Waals surface area contributed by atoms with Gasteiger partial charge in [0.25, 0.3) is 5.91 Å². The van der Waals surface area contributed by atoms with Crippen LogP contribution in [0.25, 0.3) is 0 Å². The molecule has 4 aromatic rings. The van der Waals surface area contributed by atoms with E-state index >= 15 is 4.39 Å². The van der Waals surface area contributed by atoms with E-state index in [0.717, 1.165) is 17.7 Å². The molecule has 4 aliphatic rings. The van der Waals surface area contributed by atoms with Gasteiger partial charge in [-0.2, -0.15) is 13.5 Å². The van der Waals surface area contributed by atoms with E-state index in [1.54, 1.807) is 49.1 Å². The number of hydrogen-bond donors (Lipinski definition) is 6. The topological polar surface area (TPSA) is 266 Å². The number of aromatic nitrogens is 2. The van der Waals surface area contributed by atoms with Crippen molar-refractivity contribution >= 4 is 50.2 Å². The Kier molecular flexibility index (Phi) is 59.9. The zero-order chi connectivity index (χ0) is 107. The summed E-state index contributed by atoms with van der Waals surface area (Å²) in [5.74, 6) is 183. The van der Waals surface area contributed by atoms with Crippen LogP contribution in [0.1, 0.15) is 59.8 Å². The normalized spacial score (nSPS) is 14.1. The Morgan fingerprint density at radius 1 is 0.476 bits per heavy atom. The van der Waals surface area contributed by atoms with Crippen LogP contribution in [0, 0.1) is 480 Å². The number of methoxy groups -OCH3 is 4. The predicted molar refractivity (Wildman–Crippen MR) is 557 cm³/mol. The Bertz CT molecular complexity index is 8550. The van der Waals surface area contributed by atoms with E-state index in [1.807, 2.05) is 19.3 Å². The number of amides is 1. The number of carbonyl (C=O) groups is 1. The number of carbonyl (C=O) groups excluding carboxylic acids is 1. The van der Waals surface area contributed by atoms with Crippen molar-refractivity contribution in [2.75, 3.05) is 54.5 Å². The molecule has 8 N–H and O–H groups in total. The van der Waals surface area contributed by atoms with Crippen molar-refractivity contribution in [1.82, 2.24) is 20.5 Å². The number of nitrogens with two attached hydrogens (primary N) is 2. The lowest BCUT2D eigenvalue weighted by Gasteiger charge is -2.49. The quantitative estimate of drug-likeness (QED) is 0.0242. The summed E-state index contributed by atoms with van der Waals surface area (Å²) in [5.41, 5.74) is 8.15. The zero-order valence-electron chi connectivity index (χ0n) is 78.5. The van der Waals surface area contributed by atoms with Crippen LogP contribution < -0.4 is 22.3 Å². The molecule has 0 bridgehead atoms. The van der Waals surface area contributed by atoms with Gasteiger partial charge < -0.3 is 39.5 Å². The molecule has 0 unspecified atom stereocenters. The molecule has 700 valence electrons. The lowest BCUT2D eigenvalue weighted by molar-refractivity contribution is -0.260. The molecular weight excluding hydrogens is 1910 g/mol. The first kappa shape index (κ1) is 118. The first-order valence-electron chi connectivity index (χ1n) is 40.9. The van der Waals surface area contributed by atoms with Crippen molar-refractivity contribution in [2.45, 2.75) is 67.8 Å². The van der Waals surface area contributed by atoms with Gasteiger partial charge in [-0.25, -0.2) is 27.5 Å². The lowest BCUT2D eigenvalue weighted by Crippen LogP contribution is -2.55. The highest BCUT2D eigenvalue weighted by molar-refractivity contribution is 8.14. The van der Waals surface area contributed by atoms with Crippen molar-refractivity contribution in [3.63, 3.8) is 0 Å². The summed E-state index contributed by atoms with van der Waals surface area (Å²) < 4.78 is 125. The summed E-state index contributed by atoms with van der Waals surface area (Å²) in [6.45, 7) is 3.92. The van der Waals surface area contributed by atoms with Gasteiger partial charge in [0.05, 0.1) is 37.5 Å². The molecule has 4 aliphatic heterocycles. The van der Waals surface area contributed by atoms with Gasteiger partial charge >= 0.3 is 10.4 Å². The SMILES string of the molecule is C#CC#CC#CC#CC#CC#CC#CC#CC#CC#CC#CC#CC#CC#CC#CC#CC#CC#CC#CC#CC#CC#CC#CC#CC#CC#CC#CC#CC#CC#CC#CC#CC#CC#CC#CC#CC#CC.CNN.COC(OC)C(C(OC)OC)[C@H]1C[C@H]2CSC(NC(=O)c3ccccc3)=N[C@@]2(c2ccc(F)cc2F)CO1.C[C@H]1SC(N)=N[C@@]2(c3ccc(F)cc3F)CO[C@@H](c3cnn(C)c3)C[C@@H]12.O=S(=O)(O)O. The maximum atomic E-state index is 15.2. The Balaban J connectivity index is 0.000000506. The number of aliphatic imine (C=N–C) groups is 2. The molecule has 2 fully saturated rings. The summed E-state index contributed by atoms with van der Waals surface area (Å²) in [7, 11) is 4.93. The van der Waals surface area contributed by atoms with Crippen LogP contribution in [-0.4, -0.2) is 122 Å². The monoisotopic (exact) mass is 1980 g/mol. The average molecular weight is 1980 g/mol. The number of rotatable bonds is 11. The van der Waals surface area contributed by atoms with E-state index in [1.165, 1.54) is 76.2 Å². The van der Waals surface area contributed by atoms with Gasteiger partial charge in [-0.1, -0.05) is 66.7 Å². The standard InChI is InChI=1S/C75H4.C27H32F2N2O6S.C18H20F2N4OS.CH6N2.H2O4S/c1-3-5-7-9-11-13-15-17-19-21-23-25-27-29-31-33-35-37-39-41-43-45-47-49-51-53-55-57-59-61-63-65-67-69-71-73-75-74-72-70-68-66-64-62-60-58-56-54-52-50-48-46-44-42-40-38-36-34-32-30-28-26-24-22-20-18-16-14-12-10-8-6-4-2;1-33-24(34-2)22(25(35-3)36-4)21-12-17-14-38-26(30-23(32)16-8-6-5-7-9-16)31-27(17,15-37-21)19-11-10-18(28)13-20(19)29;1-10-14-6-16(11-7-22-24(2)8-11)25-9-18(14,23-17(21)26-10)13-4-3-12(19)5-15(13)20;1-3-2;1-5(2,3)4/h1H,2H3;5-11,13,17,21-22,24-25H,12,14-15H2,1-4H3,(H,30,31,32);3-5,7-8,10,14,16H,6,9H2,1-2H3,(H2,21,23);3H,2H2,1H3;(H2,1,2,3,4)/t;17-,21+,27-;10-,14+,16-,18-;;/m.01../s1. The van der Waals surface area contributed by atoms with Gasteiger partial charge in [0.15, 0.2) is 22.9 Å². The highest BCUT2D eigenvalue weighted by Crippen LogP contribution is 2.53. The zero-order valence-corrected chi connectivity index (χ0v) is 80.9. The number of ether oxygens (including phenoxy) is 6. The van der Waals surface area contributed by atoms with Crippen molar-refractivity contribution in [3.8, 4) is 439 Å². The van der Waals surface area contributed by atoms with Crippen molar-refractivity contribution < 1.29 is 68.3 Å². The Morgan fingerprint density at radius 2 is 0.776 bits per heavy atom. The van der Waals surface area contributed by atoms with Crippen LogP contribution >= 0.6 is 23.5 Å². The van der Waals surface area contributed by atoms with Crippen LogP contribution in [0.3, 0.4) is 0 Å². The van der Waals surface area contributed by atoms with E-state index in [-0.39, 0.29) is 47.9 Å². The first-order valence-corrected chi connectivity index (χ1v) is 44.1. The van der Waals surface area contributed by atoms with Crippen LogP contribution in [0.2, 0.25) is 0 Å². The molecule has 8 rings (SSSR count). The van der Waals surface area contributed by atoms with E-state index in [0.29, 0.717) is 40.1 Å². The number of hydrogen-bond acceptors (Lipinski definition) is 17. The molecule has 0 aliphatic carbocycles. The molecule has 5 heterocycles. The maximum Gasteiger partial charge on any atom is 0.394 e. The second-order valence-electron chi connectivity index (χ2n) is 26.1. The number of benzene rings is 3. The highest BCUT2D eigenvalue weighted by Gasteiger charge is 2.54. The Labute approximate surface area is 865 Å². The van der Waals surface area contributed by atoms with Gasteiger partial charge in [-0.15, -0.1) is 6.42 Å². The molecule has 0 spiro atoms. The summed E-state index contributed by atoms with van der Waals surface area (Å²) in [4.78, 5) is 22.3. The van der Waals surface area contributed by atoms with Gasteiger partial charge in [0.2, 0.25) is 0 Å². The minimum atomic E-state index is -4.67. The van der Waals surface area contributed by atoms with Crippen LogP contribution in [0.4, 0.5) is 17.6 Å². The second kappa shape index (κ2) is 74.3. The highest BCUT2D eigenvalue weighted by atomic mass is 32.3. The molecule has 0 saturated carbocycles.